The number of Topliss-reactive ketones (excluding diaryl/α,β-unsaturated/α-hetero) is 1. The van der Waals surface area contributed by atoms with Crippen molar-refractivity contribution in [2.75, 3.05) is 0 Å². The quantitative estimate of drug-likeness (QED) is 0.159. The Morgan fingerprint density at radius 1 is 1.00 bits per heavy atom. The largest absolute Gasteiger partial charge is 0.366 e. The van der Waals surface area contributed by atoms with Crippen LogP contribution in [0.25, 0.3) is 0 Å². The van der Waals surface area contributed by atoms with Crippen molar-refractivity contribution in [2.45, 2.75) is 134 Å². The van der Waals surface area contributed by atoms with Gasteiger partial charge in [0.05, 0.1) is 11.6 Å². The number of carbonyl (C=O) groups is 2. The van der Waals surface area contributed by atoms with E-state index in [0.717, 1.165) is 29.4 Å². The molecule has 2 N–H and O–H groups in total. The lowest BCUT2D eigenvalue weighted by Crippen LogP contribution is -2.25. The molecule has 286 valence electrons. The summed E-state index contributed by atoms with van der Waals surface area (Å²) in [6.45, 7) is 27.5. The number of nitrogens with zero attached hydrogens (tertiary/aromatic N) is 1. The molecule has 1 atom stereocenters. The first-order valence-corrected chi connectivity index (χ1v) is 18.6. The lowest BCUT2D eigenvalue weighted by molar-refractivity contribution is -0.114. The van der Waals surface area contributed by atoms with Crippen LogP contribution in [0.4, 0.5) is 4.39 Å². The fraction of sp³-hybridized carbons (Fsp3) is 0.468. The molecule has 1 amide bonds. The summed E-state index contributed by atoms with van der Waals surface area (Å²) in [5, 5.41) is 9.13. The minimum Gasteiger partial charge on any atom is -0.366 e. The van der Waals surface area contributed by atoms with Gasteiger partial charge in [0.15, 0.2) is 5.78 Å². The van der Waals surface area contributed by atoms with Crippen LogP contribution >= 0.6 is 0 Å². The summed E-state index contributed by atoms with van der Waals surface area (Å²) in [6, 6.07) is 22.4. The smallest absolute Gasteiger partial charge is 0.248 e. The minimum atomic E-state index is -0.595. The SMILES string of the molecule is C.C=C(/C=C(\CC)C(C)=O)C(N)=O.CC.CC.Cc1cc(C(C)(CCC2CC2)c2ccc(C#N)cc2C)ccc1F.Cc1cccc(CC(C)C)c1. The van der Waals surface area contributed by atoms with E-state index in [4.69, 9.17) is 11.0 Å². The number of hydrogen-bond donors (Lipinski definition) is 1. The van der Waals surface area contributed by atoms with Gasteiger partial charge in [-0.05, 0) is 123 Å². The van der Waals surface area contributed by atoms with Gasteiger partial charge in [-0.1, -0.05) is 130 Å². The molecule has 1 saturated carbocycles. The van der Waals surface area contributed by atoms with Gasteiger partial charge in [-0.2, -0.15) is 5.26 Å². The zero-order valence-corrected chi connectivity index (χ0v) is 33.7. The highest BCUT2D eigenvalue weighted by molar-refractivity contribution is 5.99. The van der Waals surface area contributed by atoms with Gasteiger partial charge in [0.1, 0.15) is 5.82 Å². The fourth-order valence-electron chi connectivity index (χ4n) is 5.72. The van der Waals surface area contributed by atoms with Crippen LogP contribution in [0, 0.1) is 49.8 Å². The van der Waals surface area contributed by atoms with Crippen molar-refractivity contribution in [3.8, 4) is 6.07 Å². The summed E-state index contributed by atoms with van der Waals surface area (Å²) in [6.07, 6.45) is 8.14. The summed E-state index contributed by atoms with van der Waals surface area (Å²) >= 11 is 0. The predicted molar refractivity (Wildman–Crippen MR) is 222 cm³/mol. The second-order valence-electron chi connectivity index (χ2n) is 13.5. The molecule has 0 radical (unpaired) electrons. The molecule has 1 unspecified atom stereocenters. The molecular formula is C47H69FN2O2. The molecule has 0 aliphatic heterocycles. The molecule has 1 aliphatic carbocycles. The van der Waals surface area contributed by atoms with Gasteiger partial charge in [-0.15, -0.1) is 0 Å². The average Bonchev–Trinajstić information content (AvgIpc) is 3.94. The third-order valence-electron chi connectivity index (χ3n) is 8.72. The van der Waals surface area contributed by atoms with E-state index in [-0.39, 0.29) is 30.0 Å². The number of amides is 1. The third-order valence-corrected chi connectivity index (χ3v) is 8.72. The van der Waals surface area contributed by atoms with Gasteiger partial charge in [0.25, 0.3) is 0 Å². The molecule has 3 aromatic rings. The summed E-state index contributed by atoms with van der Waals surface area (Å²) in [5.41, 5.74) is 13.3. The number of ketones is 1. The highest BCUT2D eigenvalue weighted by atomic mass is 19.1. The minimum absolute atomic E-state index is 0. The van der Waals surface area contributed by atoms with Crippen LogP contribution in [0.3, 0.4) is 0 Å². The van der Waals surface area contributed by atoms with Crippen molar-refractivity contribution in [3.05, 3.63) is 129 Å². The fourth-order valence-corrected chi connectivity index (χ4v) is 5.72. The van der Waals surface area contributed by atoms with E-state index in [1.165, 1.54) is 55.4 Å². The van der Waals surface area contributed by atoms with Gasteiger partial charge in [-0.3, -0.25) is 9.59 Å². The van der Waals surface area contributed by atoms with Gasteiger partial charge in [-0.25, -0.2) is 4.39 Å². The maximum absolute atomic E-state index is 13.8. The van der Waals surface area contributed by atoms with Crippen molar-refractivity contribution < 1.29 is 14.0 Å². The zero-order chi connectivity index (χ0) is 39.3. The molecule has 3 aromatic carbocycles. The van der Waals surface area contributed by atoms with E-state index in [1.807, 2.05) is 65.8 Å². The normalized spacial score (nSPS) is 12.6. The van der Waals surface area contributed by atoms with Crippen LogP contribution in [0.15, 0.2) is 84.5 Å². The summed E-state index contributed by atoms with van der Waals surface area (Å²) in [4.78, 5) is 21.4. The Morgan fingerprint density at radius 2 is 1.62 bits per heavy atom. The summed E-state index contributed by atoms with van der Waals surface area (Å²) < 4.78 is 13.8. The molecule has 0 bridgehead atoms. The predicted octanol–water partition coefficient (Wildman–Crippen LogP) is 12.6. The van der Waals surface area contributed by atoms with Crippen molar-refractivity contribution >= 4 is 11.7 Å². The second-order valence-corrected chi connectivity index (χ2v) is 13.5. The van der Waals surface area contributed by atoms with E-state index in [9.17, 15) is 14.0 Å². The van der Waals surface area contributed by atoms with E-state index >= 15 is 0 Å². The Kier molecular flexibility index (Phi) is 24.5. The number of rotatable bonds is 11. The lowest BCUT2D eigenvalue weighted by Gasteiger charge is -2.33. The Balaban J connectivity index is 0. The van der Waals surface area contributed by atoms with Crippen LogP contribution in [-0.2, 0) is 21.4 Å². The highest BCUT2D eigenvalue weighted by Gasteiger charge is 2.33. The van der Waals surface area contributed by atoms with Crippen molar-refractivity contribution in [2.24, 2.45) is 17.6 Å². The number of benzene rings is 3. The Labute approximate surface area is 317 Å². The summed E-state index contributed by atoms with van der Waals surface area (Å²) in [5.74, 6) is 0.809. The van der Waals surface area contributed by atoms with E-state index < -0.39 is 5.91 Å². The highest BCUT2D eigenvalue weighted by Crippen LogP contribution is 2.43. The van der Waals surface area contributed by atoms with Crippen molar-refractivity contribution in [1.29, 1.82) is 5.26 Å². The van der Waals surface area contributed by atoms with Gasteiger partial charge in [0.2, 0.25) is 5.91 Å². The van der Waals surface area contributed by atoms with Crippen LogP contribution in [0.1, 0.15) is 141 Å². The van der Waals surface area contributed by atoms with Gasteiger partial charge >= 0.3 is 0 Å². The maximum Gasteiger partial charge on any atom is 0.248 e. The number of aryl methyl sites for hydroxylation is 3. The molecule has 1 fully saturated rings. The first kappa shape index (κ1) is 49.8. The number of halogens is 1. The average molecular weight is 713 g/mol. The maximum atomic E-state index is 13.8. The first-order valence-electron chi connectivity index (χ1n) is 18.6. The molecule has 4 rings (SSSR count). The molecule has 0 aromatic heterocycles. The Hall–Kier alpha value is -4.30. The van der Waals surface area contributed by atoms with E-state index in [1.54, 1.807) is 6.07 Å². The standard InChI is InChI=1S/C22H24FN.C11H16.C9H13NO2.2C2H6.CH4/c1-15-12-18(14-24)6-8-20(15)22(3,11-10-17-4-5-17)19-7-9-21(23)16(2)13-19;1-9(2)7-11-6-4-5-10(3)8-11;1-4-8(7(3)11)5-6(2)9(10)12;2*1-2;/h6-9,12-13,17H,4-5,10-11H2,1-3H3;4-6,8-9H,7H2,1-3H3;5H,2,4H2,1,3H3,(H2,10,12);2*1-2H3;1H4/b;;8-5+;;;. The monoisotopic (exact) mass is 713 g/mol. The Bertz CT molecular complexity index is 1620. The van der Waals surface area contributed by atoms with Crippen LogP contribution < -0.4 is 5.73 Å². The second kappa shape index (κ2) is 25.6. The van der Waals surface area contributed by atoms with Crippen molar-refractivity contribution in [1.82, 2.24) is 0 Å². The molecule has 4 nitrogen and oxygen atoms in total. The molecule has 5 heteroatoms. The van der Waals surface area contributed by atoms with E-state index in [0.29, 0.717) is 23.1 Å². The number of hydrogen-bond acceptors (Lipinski definition) is 3. The molecule has 52 heavy (non-hydrogen) atoms. The van der Waals surface area contributed by atoms with Crippen LogP contribution in [0.2, 0.25) is 0 Å². The molecule has 0 spiro atoms. The Morgan fingerprint density at radius 3 is 2.06 bits per heavy atom. The molecule has 0 saturated heterocycles. The molecule has 0 heterocycles. The number of nitriles is 1. The molecule has 1 aliphatic rings. The zero-order valence-electron chi connectivity index (χ0n) is 33.7. The van der Waals surface area contributed by atoms with Crippen LogP contribution in [-0.4, -0.2) is 11.7 Å². The first-order chi connectivity index (χ1) is 24.1. The van der Waals surface area contributed by atoms with E-state index in [2.05, 4.69) is 77.6 Å². The van der Waals surface area contributed by atoms with Gasteiger partial charge < -0.3 is 5.73 Å². The number of allylic oxidation sites excluding steroid dienone is 1. The van der Waals surface area contributed by atoms with Gasteiger partial charge in [0, 0.05) is 11.0 Å². The topological polar surface area (TPSA) is 84.0 Å². The van der Waals surface area contributed by atoms with Crippen molar-refractivity contribution in [3.63, 3.8) is 0 Å². The number of nitrogens with two attached hydrogens (primary N) is 1. The number of carbonyl (C=O) groups excluding carboxylic acids is 2. The lowest BCUT2D eigenvalue weighted by atomic mass is 9.70. The summed E-state index contributed by atoms with van der Waals surface area (Å²) in [7, 11) is 0. The number of primary amides is 1. The van der Waals surface area contributed by atoms with Crippen LogP contribution in [0.5, 0.6) is 0 Å². The third kappa shape index (κ3) is 17.3. The molecular weight excluding hydrogens is 644 g/mol.